The van der Waals surface area contributed by atoms with Crippen LogP contribution in [0.5, 0.6) is 0 Å². The van der Waals surface area contributed by atoms with Gasteiger partial charge in [-0.05, 0) is 6.08 Å². The highest BCUT2D eigenvalue weighted by Gasteiger charge is 1.99. The van der Waals surface area contributed by atoms with E-state index in [4.69, 9.17) is 0 Å². The van der Waals surface area contributed by atoms with E-state index in [0.29, 0.717) is 5.82 Å². The standard InChI is InChI=1S/C14H12N2O2/c1-18-13(17)8-7-11-9-15-14(16-10-11)12-5-3-2-4-6-12/h2-10H,1H3/b8-7+. The number of carbonyl (C=O) groups excluding carboxylic acids is 1. The van der Waals surface area contributed by atoms with Crippen LogP contribution in [0.4, 0.5) is 0 Å². The lowest BCUT2D eigenvalue weighted by atomic mass is 10.2. The predicted octanol–water partition coefficient (Wildman–Crippen LogP) is 2.33. The van der Waals surface area contributed by atoms with Crippen molar-refractivity contribution in [3.8, 4) is 11.4 Å². The van der Waals surface area contributed by atoms with Crippen molar-refractivity contribution in [2.45, 2.75) is 0 Å². The first kappa shape index (κ1) is 12.0. The van der Waals surface area contributed by atoms with Gasteiger partial charge in [0.25, 0.3) is 0 Å². The lowest BCUT2D eigenvalue weighted by Crippen LogP contribution is -1.94. The van der Waals surface area contributed by atoms with Gasteiger partial charge in [0.05, 0.1) is 7.11 Å². The first-order chi connectivity index (χ1) is 8.79. The second kappa shape index (κ2) is 5.72. The highest BCUT2D eigenvalue weighted by Crippen LogP contribution is 2.13. The Hall–Kier alpha value is -2.49. The fraction of sp³-hybridized carbons (Fsp3) is 0.0714. The average Bonchev–Trinajstić information content (AvgIpc) is 2.46. The second-order valence-corrected chi connectivity index (χ2v) is 3.56. The maximum atomic E-state index is 10.9. The Kier molecular flexibility index (Phi) is 3.81. The van der Waals surface area contributed by atoms with E-state index in [2.05, 4.69) is 14.7 Å². The molecule has 2 rings (SSSR count). The molecule has 0 unspecified atom stereocenters. The molecule has 0 atom stereocenters. The number of esters is 1. The summed E-state index contributed by atoms with van der Waals surface area (Å²) in [6.45, 7) is 0. The van der Waals surface area contributed by atoms with E-state index < -0.39 is 5.97 Å². The van der Waals surface area contributed by atoms with E-state index in [0.717, 1.165) is 11.1 Å². The molecule has 0 aliphatic carbocycles. The molecule has 90 valence electrons. The number of hydrogen-bond donors (Lipinski definition) is 0. The Morgan fingerprint density at radius 2 is 1.83 bits per heavy atom. The van der Waals surface area contributed by atoms with Crippen LogP contribution in [0.2, 0.25) is 0 Å². The molecule has 4 heteroatoms. The highest BCUT2D eigenvalue weighted by molar-refractivity contribution is 5.86. The third-order valence-electron chi connectivity index (χ3n) is 2.32. The van der Waals surface area contributed by atoms with Crippen molar-refractivity contribution in [2.75, 3.05) is 7.11 Å². The van der Waals surface area contributed by atoms with E-state index in [1.807, 2.05) is 30.3 Å². The lowest BCUT2D eigenvalue weighted by Gasteiger charge is -1.99. The molecular formula is C14H12N2O2. The van der Waals surface area contributed by atoms with Gasteiger partial charge in [0.2, 0.25) is 0 Å². The SMILES string of the molecule is COC(=O)/C=C/c1cnc(-c2ccccc2)nc1. The zero-order valence-corrected chi connectivity index (χ0v) is 9.91. The maximum Gasteiger partial charge on any atom is 0.330 e. The summed E-state index contributed by atoms with van der Waals surface area (Å²) >= 11 is 0. The van der Waals surface area contributed by atoms with Gasteiger partial charge >= 0.3 is 5.97 Å². The summed E-state index contributed by atoms with van der Waals surface area (Å²) in [6, 6.07) is 9.70. The van der Waals surface area contributed by atoms with Crippen molar-refractivity contribution in [2.24, 2.45) is 0 Å². The summed E-state index contributed by atoms with van der Waals surface area (Å²) in [7, 11) is 1.33. The molecule has 1 aromatic carbocycles. The van der Waals surface area contributed by atoms with Crippen molar-refractivity contribution < 1.29 is 9.53 Å². The minimum Gasteiger partial charge on any atom is -0.466 e. The number of aromatic nitrogens is 2. The molecule has 0 saturated heterocycles. The molecule has 0 fully saturated rings. The first-order valence-electron chi connectivity index (χ1n) is 5.43. The summed E-state index contributed by atoms with van der Waals surface area (Å²) < 4.78 is 4.50. The van der Waals surface area contributed by atoms with Crippen molar-refractivity contribution in [1.29, 1.82) is 0 Å². The summed E-state index contributed by atoms with van der Waals surface area (Å²) in [4.78, 5) is 19.4. The fourth-order valence-electron chi connectivity index (χ4n) is 1.39. The Morgan fingerprint density at radius 3 is 2.44 bits per heavy atom. The van der Waals surface area contributed by atoms with E-state index in [-0.39, 0.29) is 0 Å². The zero-order chi connectivity index (χ0) is 12.8. The topological polar surface area (TPSA) is 52.1 Å². The van der Waals surface area contributed by atoms with Gasteiger partial charge in [-0.2, -0.15) is 0 Å². The van der Waals surface area contributed by atoms with Crippen LogP contribution in [0.25, 0.3) is 17.5 Å². The van der Waals surface area contributed by atoms with Crippen LogP contribution < -0.4 is 0 Å². The monoisotopic (exact) mass is 240 g/mol. The van der Waals surface area contributed by atoms with Crippen molar-refractivity contribution in [3.63, 3.8) is 0 Å². The van der Waals surface area contributed by atoms with Crippen LogP contribution in [0.3, 0.4) is 0 Å². The Balaban J connectivity index is 2.16. The molecule has 0 radical (unpaired) electrons. The van der Waals surface area contributed by atoms with Crippen molar-refractivity contribution in [1.82, 2.24) is 9.97 Å². The summed E-state index contributed by atoms with van der Waals surface area (Å²) in [6.07, 6.45) is 6.27. The third kappa shape index (κ3) is 3.01. The van der Waals surface area contributed by atoms with Crippen LogP contribution in [0, 0.1) is 0 Å². The molecule has 1 heterocycles. The first-order valence-corrected chi connectivity index (χ1v) is 5.43. The highest BCUT2D eigenvalue weighted by atomic mass is 16.5. The number of benzene rings is 1. The minimum atomic E-state index is -0.401. The number of ether oxygens (including phenoxy) is 1. The number of methoxy groups -OCH3 is 1. The minimum absolute atomic E-state index is 0.401. The molecule has 0 amide bonds. The predicted molar refractivity (Wildman–Crippen MR) is 68.5 cm³/mol. The summed E-state index contributed by atoms with van der Waals surface area (Å²) in [5.41, 5.74) is 1.71. The quantitative estimate of drug-likeness (QED) is 0.610. The summed E-state index contributed by atoms with van der Waals surface area (Å²) in [5, 5.41) is 0. The van der Waals surface area contributed by atoms with Gasteiger partial charge in [0, 0.05) is 29.6 Å². The van der Waals surface area contributed by atoms with Gasteiger partial charge < -0.3 is 4.74 Å². The van der Waals surface area contributed by atoms with Gasteiger partial charge in [0.1, 0.15) is 0 Å². The molecule has 1 aromatic heterocycles. The largest absolute Gasteiger partial charge is 0.466 e. The molecule has 0 aliphatic heterocycles. The van der Waals surface area contributed by atoms with Gasteiger partial charge in [0.15, 0.2) is 5.82 Å². The smallest absolute Gasteiger partial charge is 0.330 e. The van der Waals surface area contributed by atoms with Crippen LogP contribution in [-0.2, 0) is 9.53 Å². The Morgan fingerprint density at radius 1 is 1.17 bits per heavy atom. The Bertz CT molecular complexity index is 548. The Labute approximate surface area is 105 Å². The van der Waals surface area contributed by atoms with Crippen molar-refractivity contribution in [3.05, 3.63) is 54.4 Å². The van der Waals surface area contributed by atoms with E-state index in [9.17, 15) is 4.79 Å². The van der Waals surface area contributed by atoms with Gasteiger partial charge in [-0.15, -0.1) is 0 Å². The molecular weight excluding hydrogens is 228 g/mol. The second-order valence-electron chi connectivity index (χ2n) is 3.56. The normalized spacial score (nSPS) is 10.5. The van der Waals surface area contributed by atoms with Gasteiger partial charge in [-0.25, -0.2) is 14.8 Å². The molecule has 18 heavy (non-hydrogen) atoms. The molecule has 0 spiro atoms. The molecule has 0 aliphatic rings. The molecule has 0 N–H and O–H groups in total. The summed E-state index contributed by atoms with van der Waals surface area (Å²) in [5.74, 6) is 0.257. The van der Waals surface area contributed by atoms with Gasteiger partial charge in [-0.3, -0.25) is 0 Å². The van der Waals surface area contributed by atoms with Crippen LogP contribution in [-0.4, -0.2) is 23.0 Å². The molecule has 0 bridgehead atoms. The maximum absolute atomic E-state index is 10.9. The average molecular weight is 240 g/mol. The number of carbonyl (C=O) groups is 1. The van der Waals surface area contributed by atoms with E-state index in [1.54, 1.807) is 18.5 Å². The van der Waals surface area contributed by atoms with Crippen LogP contribution >= 0.6 is 0 Å². The van der Waals surface area contributed by atoms with Crippen LogP contribution in [0.1, 0.15) is 5.56 Å². The zero-order valence-electron chi connectivity index (χ0n) is 9.91. The number of hydrogen-bond acceptors (Lipinski definition) is 4. The van der Waals surface area contributed by atoms with E-state index in [1.165, 1.54) is 13.2 Å². The number of rotatable bonds is 3. The fourth-order valence-corrected chi connectivity index (χ4v) is 1.39. The third-order valence-corrected chi connectivity index (χ3v) is 2.32. The van der Waals surface area contributed by atoms with Crippen LogP contribution in [0.15, 0.2) is 48.8 Å². The van der Waals surface area contributed by atoms with E-state index >= 15 is 0 Å². The molecule has 0 saturated carbocycles. The van der Waals surface area contributed by atoms with Gasteiger partial charge in [-0.1, -0.05) is 30.3 Å². The molecule has 2 aromatic rings. The molecule has 4 nitrogen and oxygen atoms in total. The van der Waals surface area contributed by atoms with Crippen molar-refractivity contribution >= 4 is 12.0 Å². The lowest BCUT2D eigenvalue weighted by molar-refractivity contribution is -0.134. The number of nitrogens with zero attached hydrogens (tertiary/aromatic N) is 2.